The minimum Gasteiger partial charge on any atom is -0.419 e. The highest BCUT2D eigenvalue weighted by Crippen LogP contribution is 2.27. The highest BCUT2D eigenvalue weighted by atomic mass is 32.2. The van der Waals surface area contributed by atoms with E-state index in [9.17, 15) is 13.7 Å². The Morgan fingerprint density at radius 1 is 1.07 bits per heavy atom. The second kappa shape index (κ2) is 9.57. The summed E-state index contributed by atoms with van der Waals surface area (Å²) >= 11 is 0. The molecule has 156 valence electrons. The van der Waals surface area contributed by atoms with Crippen molar-refractivity contribution in [3.8, 4) is 17.5 Å². The van der Waals surface area contributed by atoms with Crippen molar-refractivity contribution in [1.29, 1.82) is 5.26 Å². The highest BCUT2D eigenvalue weighted by Gasteiger charge is 2.22. The Labute approximate surface area is 177 Å². The van der Waals surface area contributed by atoms with E-state index in [4.69, 9.17) is 4.42 Å². The number of rotatable bonds is 9. The van der Waals surface area contributed by atoms with Crippen LogP contribution < -0.4 is 5.32 Å². The Kier molecular flexibility index (Phi) is 6.87. The predicted molar refractivity (Wildman–Crippen MR) is 115 cm³/mol. The molecule has 3 aromatic rings. The van der Waals surface area contributed by atoms with Crippen LogP contribution in [0.5, 0.6) is 0 Å². The molecule has 1 heterocycles. The Bertz CT molecular complexity index is 1110. The van der Waals surface area contributed by atoms with Gasteiger partial charge >= 0.3 is 0 Å². The Balaban J connectivity index is 1.76. The quantitative estimate of drug-likeness (QED) is 0.559. The zero-order chi connectivity index (χ0) is 21.6. The molecule has 2 aromatic carbocycles. The largest absolute Gasteiger partial charge is 0.419 e. The van der Waals surface area contributed by atoms with Crippen LogP contribution in [0.25, 0.3) is 11.5 Å². The number of nitrogens with one attached hydrogen (secondary N) is 1. The minimum absolute atomic E-state index is 0.165. The van der Waals surface area contributed by atoms with E-state index >= 15 is 0 Å². The summed E-state index contributed by atoms with van der Waals surface area (Å²) in [6.07, 6.45) is 0.777. The molecule has 0 saturated carbocycles. The Hall–Kier alpha value is -3.15. The zero-order valence-corrected chi connectivity index (χ0v) is 17.8. The van der Waals surface area contributed by atoms with Crippen molar-refractivity contribution in [3.05, 3.63) is 65.9 Å². The molecule has 1 N–H and O–H groups in total. The van der Waals surface area contributed by atoms with Crippen LogP contribution in [0.2, 0.25) is 0 Å². The van der Waals surface area contributed by atoms with Gasteiger partial charge in [0, 0.05) is 25.2 Å². The lowest BCUT2D eigenvalue weighted by Crippen LogP contribution is -2.30. The minimum atomic E-state index is -3.53. The number of anilines is 1. The maximum absolute atomic E-state index is 12.6. The fourth-order valence-electron chi connectivity index (χ4n) is 3.09. The van der Waals surface area contributed by atoms with Gasteiger partial charge in [-0.1, -0.05) is 44.2 Å². The molecule has 0 aliphatic rings. The lowest BCUT2D eigenvalue weighted by molar-refractivity contribution is 0.445. The molecule has 30 heavy (non-hydrogen) atoms. The molecule has 0 amide bonds. The number of hydrogen-bond acceptors (Lipinski definition) is 6. The third-order valence-corrected chi connectivity index (χ3v) is 6.78. The second-order valence-corrected chi connectivity index (χ2v) is 8.52. The summed E-state index contributed by atoms with van der Waals surface area (Å²) in [5, 5.41) is 12.5. The molecule has 0 unspecified atom stereocenters. The number of nitriles is 1. The van der Waals surface area contributed by atoms with Crippen LogP contribution in [0.15, 0.2) is 63.9 Å². The van der Waals surface area contributed by atoms with Crippen molar-refractivity contribution in [2.24, 2.45) is 0 Å². The average Bonchev–Trinajstić information content (AvgIpc) is 3.18. The van der Waals surface area contributed by atoms with Crippen molar-refractivity contribution in [2.45, 2.75) is 25.2 Å². The first-order valence-corrected chi connectivity index (χ1v) is 11.2. The van der Waals surface area contributed by atoms with E-state index in [-0.39, 0.29) is 16.5 Å². The van der Waals surface area contributed by atoms with E-state index in [1.807, 2.05) is 36.4 Å². The maximum Gasteiger partial charge on any atom is 0.243 e. The fraction of sp³-hybridized carbons (Fsp3) is 0.273. The van der Waals surface area contributed by atoms with Crippen LogP contribution >= 0.6 is 0 Å². The number of nitrogens with zero attached hydrogens (tertiary/aromatic N) is 3. The summed E-state index contributed by atoms with van der Waals surface area (Å²) in [5.74, 6) is 0.573. The summed E-state index contributed by atoms with van der Waals surface area (Å²) in [5.41, 5.74) is 1.94. The van der Waals surface area contributed by atoms with Gasteiger partial charge in [0.05, 0.1) is 4.90 Å². The van der Waals surface area contributed by atoms with Crippen molar-refractivity contribution in [3.63, 3.8) is 0 Å². The molecular formula is C22H24N4O3S. The molecule has 0 fully saturated rings. The monoisotopic (exact) mass is 424 g/mol. The maximum atomic E-state index is 12.6. The molecule has 0 atom stereocenters. The highest BCUT2D eigenvalue weighted by molar-refractivity contribution is 7.89. The number of oxazole rings is 1. The molecular weight excluding hydrogens is 400 g/mol. The Morgan fingerprint density at radius 3 is 2.33 bits per heavy atom. The second-order valence-electron chi connectivity index (χ2n) is 6.58. The first-order valence-electron chi connectivity index (χ1n) is 9.78. The van der Waals surface area contributed by atoms with Crippen LogP contribution in [0.1, 0.15) is 25.1 Å². The van der Waals surface area contributed by atoms with E-state index in [0.717, 1.165) is 6.42 Å². The number of benzene rings is 2. The van der Waals surface area contributed by atoms with Crippen molar-refractivity contribution in [2.75, 3.05) is 25.0 Å². The average molecular weight is 425 g/mol. The van der Waals surface area contributed by atoms with Gasteiger partial charge in [0.25, 0.3) is 0 Å². The van der Waals surface area contributed by atoms with E-state index in [0.29, 0.717) is 31.1 Å². The van der Waals surface area contributed by atoms with Gasteiger partial charge in [0.1, 0.15) is 6.07 Å². The molecule has 3 rings (SSSR count). The van der Waals surface area contributed by atoms with Crippen molar-refractivity contribution < 1.29 is 12.8 Å². The lowest BCUT2D eigenvalue weighted by atomic mass is 10.1. The SMILES string of the molecule is CCN(CC)S(=O)(=O)c1ccc(-c2nc(C#N)c(NCCc3ccccc3)o2)cc1. The normalized spacial score (nSPS) is 11.4. The number of aromatic nitrogens is 1. The number of sulfonamides is 1. The van der Waals surface area contributed by atoms with Gasteiger partial charge in [0.2, 0.25) is 27.5 Å². The summed E-state index contributed by atoms with van der Waals surface area (Å²) < 4.78 is 32.4. The third-order valence-electron chi connectivity index (χ3n) is 4.72. The van der Waals surface area contributed by atoms with Crippen LogP contribution in [0.3, 0.4) is 0 Å². The van der Waals surface area contributed by atoms with Crippen LogP contribution in [-0.4, -0.2) is 37.3 Å². The van der Waals surface area contributed by atoms with E-state index in [2.05, 4.69) is 10.3 Å². The summed E-state index contributed by atoms with van der Waals surface area (Å²) in [6, 6.07) is 18.4. The molecule has 0 spiro atoms. The van der Waals surface area contributed by atoms with Gasteiger partial charge in [-0.2, -0.15) is 14.6 Å². The van der Waals surface area contributed by atoms with Gasteiger partial charge < -0.3 is 9.73 Å². The van der Waals surface area contributed by atoms with Crippen LogP contribution in [0, 0.1) is 11.3 Å². The van der Waals surface area contributed by atoms with E-state index in [1.54, 1.807) is 26.0 Å². The molecule has 8 heteroatoms. The zero-order valence-electron chi connectivity index (χ0n) is 17.0. The standard InChI is InChI=1S/C22H24N4O3S/c1-3-26(4-2)30(27,28)19-12-10-18(11-13-19)21-25-20(16-23)22(29-21)24-15-14-17-8-6-5-7-9-17/h5-13,24H,3-4,14-15H2,1-2H3. The number of hydrogen-bond donors (Lipinski definition) is 1. The first kappa shape index (κ1) is 21.6. The molecule has 0 bridgehead atoms. The molecule has 0 radical (unpaired) electrons. The van der Waals surface area contributed by atoms with Crippen LogP contribution in [-0.2, 0) is 16.4 Å². The molecule has 0 saturated heterocycles. The Morgan fingerprint density at radius 2 is 1.73 bits per heavy atom. The van der Waals surface area contributed by atoms with Gasteiger partial charge in [-0.15, -0.1) is 0 Å². The molecule has 0 aliphatic carbocycles. The van der Waals surface area contributed by atoms with Gasteiger partial charge in [0.15, 0.2) is 0 Å². The fourth-order valence-corrected chi connectivity index (χ4v) is 4.54. The third kappa shape index (κ3) is 4.70. The predicted octanol–water partition coefficient (Wildman–Crippen LogP) is 3.90. The van der Waals surface area contributed by atoms with E-state index < -0.39 is 10.0 Å². The summed E-state index contributed by atoms with van der Waals surface area (Å²) in [4.78, 5) is 4.45. The van der Waals surface area contributed by atoms with Gasteiger partial charge in [-0.05, 0) is 36.2 Å². The van der Waals surface area contributed by atoms with Crippen LogP contribution in [0.4, 0.5) is 5.88 Å². The van der Waals surface area contributed by atoms with Crippen molar-refractivity contribution in [1.82, 2.24) is 9.29 Å². The van der Waals surface area contributed by atoms with Gasteiger partial charge in [-0.25, -0.2) is 8.42 Å². The smallest absolute Gasteiger partial charge is 0.243 e. The molecule has 0 aliphatic heterocycles. The lowest BCUT2D eigenvalue weighted by Gasteiger charge is -2.18. The van der Waals surface area contributed by atoms with Crippen molar-refractivity contribution >= 4 is 15.9 Å². The molecule has 1 aromatic heterocycles. The topological polar surface area (TPSA) is 99.2 Å². The summed E-state index contributed by atoms with van der Waals surface area (Å²) in [6.45, 7) is 5.01. The molecule has 7 nitrogen and oxygen atoms in total. The van der Waals surface area contributed by atoms with E-state index in [1.165, 1.54) is 22.0 Å². The summed E-state index contributed by atoms with van der Waals surface area (Å²) in [7, 11) is -3.53. The first-order chi connectivity index (χ1) is 14.5. The van der Waals surface area contributed by atoms with Gasteiger partial charge in [-0.3, -0.25) is 0 Å².